The Kier molecular flexibility index (Phi) is 3.79. The molecular formula is C12H19N3OS. The zero-order chi connectivity index (χ0) is 12.4. The van der Waals surface area contributed by atoms with Crippen LogP contribution in [-0.4, -0.2) is 28.9 Å². The molecule has 2 rings (SSSR count). The predicted molar refractivity (Wildman–Crippen MR) is 68.6 cm³/mol. The summed E-state index contributed by atoms with van der Waals surface area (Å²) in [4.78, 5) is 19.4. The Bertz CT molecular complexity index is 404. The van der Waals surface area contributed by atoms with E-state index >= 15 is 0 Å². The predicted octanol–water partition coefficient (Wildman–Crippen LogP) is 1.54. The number of aromatic nitrogens is 1. The van der Waals surface area contributed by atoms with Crippen molar-refractivity contribution in [2.45, 2.75) is 38.8 Å². The zero-order valence-electron chi connectivity index (χ0n) is 10.3. The van der Waals surface area contributed by atoms with Crippen molar-refractivity contribution in [1.82, 2.24) is 9.88 Å². The number of thiazole rings is 1. The van der Waals surface area contributed by atoms with Gasteiger partial charge < -0.3 is 10.6 Å². The Morgan fingerprint density at radius 1 is 1.65 bits per heavy atom. The second kappa shape index (κ2) is 5.14. The van der Waals surface area contributed by atoms with E-state index < -0.39 is 0 Å². The van der Waals surface area contributed by atoms with Crippen LogP contribution in [0.1, 0.15) is 29.8 Å². The molecule has 1 fully saturated rings. The van der Waals surface area contributed by atoms with Gasteiger partial charge in [0.1, 0.15) is 0 Å². The van der Waals surface area contributed by atoms with E-state index in [4.69, 9.17) is 5.73 Å². The number of carbonyl (C=O) groups is 1. The molecule has 17 heavy (non-hydrogen) atoms. The Morgan fingerprint density at radius 2 is 2.41 bits per heavy atom. The summed E-state index contributed by atoms with van der Waals surface area (Å²) in [5.41, 5.74) is 8.70. The summed E-state index contributed by atoms with van der Waals surface area (Å²) in [6.07, 6.45) is 2.75. The number of amides is 1. The van der Waals surface area contributed by atoms with Crippen LogP contribution >= 0.6 is 11.3 Å². The highest BCUT2D eigenvalue weighted by Crippen LogP contribution is 2.26. The summed E-state index contributed by atoms with van der Waals surface area (Å²) in [5.74, 6) is 0.356. The fraction of sp³-hybridized carbons (Fsp3) is 0.667. The van der Waals surface area contributed by atoms with Crippen molar-refractivity contribution in [3.8, 4) is 0 Å². The topological polar surface area (TPSA) is 59.2 Å². The van der Waals surface area contributed by atoms with Crippen molar-refractivity contribution in [3.05, 3.63) is 16.1 Å². The molecule has 0 aromatic carbocycles. The van der Waals surface area contributed by atoms with Gasteiger partial charge >= 0.3 is 0 Å². The summed E-state index contributed by atoms with van der Waals surface area (Å²) in [5, 5.41) is 0. The van der Waals surface area contributed by atoms with Gasteiger partial charge in [0.2, 0.25) is 5.91 Å². The Labute approximate surface area is 106 Å². The van der Waals surface area contributed by atoms with E-state index in [0.717, 1.165) is 25.0 Å². The molecule has 94 valence electrons. The molecule has 0 saturated heterocycles. The third kappa shape index (κ3) is 2.84. The Hall–Kier alpha value is -0.940. The maximum atomic E-state index is 12.2. The molecule has 1 aromatic rings. The first-order valence-corrected chi connectivity index (χ1v) is 6.85. The van der Waals surface area contributed by atoms with Gasteiger partial charge in [-0.05, 0) is 26.2 Å². The molecular weight excluding hydrogens is 234 g/mol. The molecule has 4 nitrogen and oxygen atoms in total. The number of nitrogens with zero attached hydrogens (tertiary/aromatic N) is 2. The van der Waals surface area contributed by atoms with Crippen molar-refractivity contribution in [1.29, 1.82) is 0 Å². The van der Waals surface area contributed by atoms with Crippen LogP contribution in [0.4, 0.5) is 0 Å². The minimum atomic E-state index is 0.128. The van der Waals surface area contributed by atoms with Crippen LogP contribution in [0.25, 0.3) is 0 Å². The normalized spacial score (nSPS) is 23.9. The Balaban J connectivity index is 1.94. The van der Waals surface area contributed by atoms with Crippen LogP contribution in [0, 0.1) is 12.8 Å². The molecule has 2 N–H and O–H groups in total. The summed E-state index contributed by atoms with van der Waals surface area (Å²) < 4.78 is 0. The fourth-order valence-electron chi connectivity index (χ4n) is 2.32. The van der Waals surface area contributed by atoms with Crippen molar-refractivity contribution in [3.63, 3.8) is 0 Å². The highest BCUT2D eigenvalue weighted by Gasteiger charge is 2.29. The second-order valence-electron chi connectivity index (χ2n) is 4.83. The van der Waals surface area contributed by atoms with Gasteiger partial charge in [0.25, 0.3) is 0 Å². The minimum Gasteiger partial charge on any atom is -0.340 e. The van der Waals surface area contributed by atoms with E-state index in [1.165, 1.54) is 4.88 Å². The molecule has 2 atom stereocenters. The van der Waals surface area contributed by atoms with Crippen molar-refractivity contribution >= 4 is 17.2 Å². The number of rotatable bonds is 3. The monoisotopic (exact) mass is 253 g/mol. The lowest BCUT2D eigenvalue weighted by atomic mass is 10.1. The molecule has 0 radical (unpaired) electrons. The summed E-state index contributed by atoms with van der Waals surface area (Å²) in [7, 11) is 1.87. The highest BCUT2D eigenvalue weighted by atomic mass is 32.1. The second-order valence-corrected chi connectivity index (χ2v) is 5.76. The fourth-order valence-corrected chi connectivity index (χ4v) is 3.15. The summed E-state index contributed by atoms with van der Waals surface area (Å²) in [6.45, 7) is 2.65. The van der Waals surface area contributed by atoms with Gasteiger partial charge in [0.05, 0.1) is 17.7 Å². The number of carbonyl (C=O) groups excluding carboxylic acids is 1. The van der Waals surface area contributed by atoms with Crippen LogP contribution in [-0.2, 0) is 11.3 Å². The zero-order valence-corrected chi connectivity index (χ0v) is 11.2. The number of aryl methyl sites for hydroxylation is 1. The van der Waals surface area contributed by atoms with Gasteiger partial charge in [-0.25, -0.2) is 4.98 Å². The van der Waals surface area contributed by atoms with E-state index in [-0.39, 0.29) is 17.9 Å². The lowest BCUT2D eigenvalue weighted by molar-refractivity contribution is -0.134. The maximum absolute atomic E-state index is 12.2. The van der Waals surface area contributed by atoms with E-state index in [0.29, 0.717) is 6.54 Å². The first kappa shape index (κ1) is 12.5. The van der Waals surface area contributed by atoms with Gasteiger partial charge in [0.15, 0.2) is 0 Å². The molecule has 1 amide bonds. The van der Waals surface area contributed by atoms with Gasteiger partial charge in [-0.3, -0.25) is 4.79 Å². The third-order valence-corrected chi connectivity index (χ3v) is 4.34. The van der Waals surface area contributed by atoms with Crippen molar-refractivity contribution in [2.24, 2.45) is 11.7 Å². The van der Waals surface area contributed by atoms with Crippen LogP contribution in [0.5, 0.6) is 0 Å². The van der Waals surface area contributed by atoms with E-state index in [1.807, 2.05) is 24.4 Å². The molecule has 1 aliphatic rings. The molecule has 0 bridgehead atoms. The van der Waals surface area contributed by atoms with Crippen LogP contribution in [0.15, 0.2) is 5.51 Å². The van der Waals surface area contributed by atoms with Crippen LogP contribution in [0.2, 0.25) is 0 Å². The standard InChI is InChI=1S/C12H19N3OS/c1-8-11(17-7-14-8)6-15(2)12(16)9-3-4-10(13)5-9/h7,9-10H,3-6,13H2,1-2H3/t9-,10+/m1/s1. The molecule has 5 heteroatoms. The SMILES string of the molecule is Cc1ncsc1CN(C)C(=O)[C@@H]1CC[C@H](N)C1. The first-order chi connectivity index (χ1) is 8.08. The van der Waals surface area contributed by atoms with E-state index in [9.17, 15) is 4.79 Å². The Morgan fingerprint density at radius 3 is 2.94 bits per heavy atom. The van der Waals surface area contributed by atoms with Gasteiger partial charge in [-0.2, -0.15) is 0 Å². The van der Waals surface area contributed by atoms with Gasteiger partial charge in [0, 0.05) is 23.9 Å². The average Bonchev–Trinajstić information content (AvgIpc) is 2.88. The molecule has 0 aliphatic heterocycles. The van der Waals surface area contributed by atoms with Gasteiger partial charge in [-0.15, -0.1) is 11.3 Å². The highest BCUT2D eigenvalue weighted by molar-refractivity contribution is 7.09. The number of hydrogen-bond acceptors (Lipinski definition) is 4. The first-order valence-electron chi connectivity index (χ1n) is 5.97. The lowest BCUT2D eigenvalue weighted by Crippen LogP contribution is -2.32. The summed E-state index contributed by atoms with van der Waals surface area (Å²) >= 11 is 1.61. The number of hydrogen-bond donors (Lipinski definition) is 1. The van der Waals surface area contributed by atoms with Gasteiger partial charge in [-0.1, -0.05) is 0 Å². The minimum absolute atomic E-state index is 0.128. The molecule has 1 aliphatic carbocycles. The van der Waals surface area contributed by atoms with Crippen molar-refractivity contribution < 1.29 is 4.79 Å². The van der Waals surface area contributed by atoms with Crippen molar-refractivity contribution in [2.75, 3.05) is 7.05 Å². The van der Waals surface area contributed by atoms with E-state index in [2.05, 4.69) is 4.98 Å². The van der Waals surface area contributed by atoms with Crippen LogP contribution in [0.3, 0.4) is 0 Å². The average molecular weight is 253 g/mol. The molecule has 0 spiro atoms. The largest absolute Gasteiger partial charge is 0.340 e. The third-order valence-electron chi connectivity index (χ3n) is 3.42. The van der Waals surface area contributed by atoms with E-state index in [1.54, 1.807) is 11.3 Å². The smallest absolute Gasteiger partial charge is 0.225 e. The molecule has 1 saturated carbocycles. The van der Waals surface area contributed by atoms with Crippen LogP contribution < -0.4 is 5.73 Å². The number of nitrogens with two attached hydrogens (primary N) is 1. The molecule has 1 aromatic heterocycles. The molecule has 1 heterocycles. The molecule has 0 unspecified atom stereocenters. The quantitative estimate of drug-likeness (QED) is 0.889. The lowest BCUT2D eigenvalue weighted by Gasteiger charge is -2.20. The summed E-state index contributed by atoms with van der Waals surface area (Å²) in [6, 6.07) is 0.211. The maximum Gasteiger partial charge on any atom is 0.225 e.